The van der Waals surface area contributed by atoms with E-state index in [1.165, 1.54) is 13.0 Å². The number of aromatic nitrogens is 1. The second-order valence-electron chi connectivity index (χ2n) is 6.78. The first kappa shape index (κ1) is 18.6. The summed E-state index contributed by atoms with van der Waals surface area (Å²) in [5.74, 6) is -0.856. The minimum atomic E-state index is -0.525. The van der Waals surface area contributed by atoms with Crippen LogP contribution in [0, 0.1) is 0 Å². The number of fused-ring (bicyclic) bond motifs is 2. The number of hydrogen-bond donors (Lipinski definition) is 0. The van der Waals surface area contributed by atoms with Crippen molar-refractivity contribution < 1.29 is 19.1 Å². The molecule has 0 amide bonds. The first-order valence-corrected chi connectivity index (χ1v) is 9.36. The molecule has 5 heteroatoms. The normalized spacial score (nSPS) is 11.0. The molecule has 0 spiro atoms. The Kier molecular flexibility index (Phi) is 4.72. The van der Waals surface area contributed by atoms with Gasteiger partial charge in [-0.25, -0.2) is 4.79 Å². The molecule has 4 aromatic rings. The fraction of sp³-hybridized carbons (Fsp3) is 0.125. The van der Waals surface area contributed by atoms with Gasteiger partial charge in [-0.05, 0) is 48.9 Å². The summed E-state index contributed by atoms with van der Waals surface area (Å²) in [6, 6.07) is 18.1. The molecule has 0 aliphatic heterocycles. The highest BCUT2D eigenvalue weighted by molar-refractivity contribution is 6.13. The van der Waals surface area contributed by atoms with Crippen LogP contribution in [0.2, 0.25) is 0 Å². The average Bonchev–Trinajstić information content (AvgIpc) is 3.12. The van der Waals surface area contributed by atoms with E-state index in [4.69, 9.17) is 4.74 Å². The summed E-state index contributed by atoms with van der Waals surface area (Å²) >= 11 is 0. The van der Waals surface area contributed by atoms with Crippen molar-refractivity contribution in [2.75, 3.05) is 6.61 Å². The molecular weight excluding hydrogens is 366 g/mol. The molecule has 0 atom stereocenters. The Labute approximate surface area is 167 Å². The molecule has 2 heterocycles. The lowest BCUT2D eigenvalue weighted by Gasteiger charge is -2.06. The summed E-state index contributed by atoms with van der Waals surface area (Å²) in [4.78, 5) is 37.5. The van der Waals surface area contributed by atoms with E-state index in [9.17, 15) is 14.4 Å². The average molecular weight is 385 g/mol. The van der Waals surface area contributed by atoms with Crippen LogP contribution >= 0.6 is 0 Å². The third kappa shape index (κ3) is 3.31. The van der Waals surface area contributed by atoms with E-state index in [2.05, 4.69) is 0 Å². The van der Waals surface area contributed by atoms with Crippen LogP contribution in [0.5, 0.6) is 0 Å². The lowest BCUT2D eigenvalue weighted by Crippen LogP contribution is -2.05. The number of rotatable bonds is 5. The van der Waals surface area contributed by atoms with Gasteiger partial charge in [0.15, 0.2) is 5.78 Å². The Balaban J connectivity index is 1.88. The van der Waals surface area contributed by atoms with Crippen LogP contribution in [0.4, 0.5) is 0 Å². The lowest BCUT2D eigenvalue weighted by molar-refractivity contribution is 0.0528. The molecule has 144 valence electrons. The Morgan fingerprint density at radius 2 is 1.66 bits per heavy atom. The van der Waals surface area contributed by atoms with Crippen LogP contribution < -0.4 is 0 Å². The molecule has 2 aromatic heterocycles. The van der Waals surface area contributed by atoms with Crippen LogP contribution in [-0.2, 0) is 4.74 Å². The van der Waals surface area contributed by atoms with Gasteiger partial charge in [-0.1, -0.05) is 36.4 Å². The van der Waals surface area contributed by atoms with Gasteiger partial charge in [0.2, 0.25) is 5.78 Å². The molecule has 0 aliphatic carbocycles. The zero-order chi connectivity index (χ0) is 20.5. The van der Waals surface area contributed by atoms with Crippen LogP contribution in [0.3, 0.4) is 0 Å². The molecule has 0 N–H and O–H groups in total. The number of Topliss-reactive ketones (excluding diaryl/α,β-unsaturated/α-hetero) is 1. The van der Waals surface area contributed by atoms with Crippen LogP contribution in [0.25, 0.3) is 16.3 Å². The molecule has 29 heavy (non-hydrogen) atoms. The molecule has 0 radical (unpaired) electrons. The van der Waals surface area contributed by atoms with E-state index >= 15 is 0 Å². The van der Waals surface area contributed by atoms with Crippen molar-refractivity contribution in [2.45, 2.75) is 13.8 Å². The van der Waals surface area contributed by atoms with Gasteiger partial charge in [0.05, 0.1) is 23.4 Å². The monoisotopic (exact) mass is 385 g/mol. The lowest BCUT2D eigenvalue weighted by atomic mass is 10.0. The molecule has 5 nitrogen and oxygen atoms in total. The molecule has 2 aromatic carbocycles. The standard InChI is InChI=1S/C24H19NO4/c1-3-29-24(28)20-14-22(25-11-10-17(15(2)26)13-21(20)25)23(27)19-9-8-16-6-4-5-7-18(16)12-19/h4-14H,3H2,1-2H3. The smallest absolute Gasteiger partial charge is 0.340 e. The summed E-state index contributed by atoms with van der Waals surface area (Å²) < 4.78 is 6.78. The van der Waals surface area contributed by atoms with E-state index in [1.807, 2.05) is 36.4 Å². The van der Waals surface area contributed by atoms with Gasteiger partial charge in [-0.2, -0.15) is 0 Å². The molecule has 0 aliphatic rings. The number of ether oxygens (including phenoxy) is 1. The Hall–Kier alpha value is -3.73. The Morgan fingerprint density at radius 1 is 0.897 bits per heavy atom. The van der Waals surface area contributed by atoms with Gasteiger partial charge in [0.1, 0.15) is 0 Å². The predicted octanol–water partition coefficient (Wildman–Crippen LogP) is 4.70. The van der Waals surface area contributed by atoms with Gasteiger partial charge >= 0.3 is 5.97 Å². The molecule has 0 saturated heterocycles. The van der Waals surface area contributed by atoms with E-state index in [0.717, 1.165) is 10.8 Å². The summed E-state index contributed by atoms with van der Waals surface area (Å²) in [5.41, 5.74) is 2.06. The van der Waals surface area contributed by atoms with Crippen LogP contribution in [0.15, 0.2) is 66.9 Å². The minimum Gasteiger partial charge on any atom is -0.462 e. The van der Waals surface area contributed by atoms with Gasteiger partial charge in [-0.3, -0.25) is 9.59 Å². The van der Waals surface area contributed by atoms with Gasteiger partial charge in [0.25, 0.3) is 0 Å². The van der Waals surface area contributed by atoms with Crippen molar-refractivity contribution in [1.82, 2.24) is 4.40 Å². The molecule has 0 unspecified atom stereocenters. The third-order valence-electron chi connectivity index (χ3n) is 4.92. The number of carbonyl (C=O) groups is 3. The first-order valence-electron chi connectivity index (χ1n) is 9.36. The summed E-state index contributed by atoms with van der Waals surface area (Å²) in [6.45, 7) is 3.40. The molecule has 4 rings (SSSR count). The number of nitrogens with zero attached hydrogens (tertiary/aromatic N) is 1. The molecular formula is C24H19NO4. The zero-order valence-electron chi connectivity index (χ0n) is 16.1. The minimum absolute atomic E-state index is 0.120. The largest absolute Gasteiger partial charge is 0.462 e. The van der Waals surface area contributed by atoms with Crippen LogP contribution in [0.1, 0.15) is 50.6 Å². The first-order chi connectivity index (χ1) is 14.0. The van der Waals surface area contributed by atoms with Gasteiger partial charge in [0, 0.05) is 17.3 Å². The van der Waals surface area contributed by atoms with Crippen molar-refractivity contribution in [3.05, 3.63) is 89.2 Å². The molecule has 0 saturated carbocycles. The fourth-order valence-electron chi connectivity index (χ4n) is 3.44. The maximum absolute atomic E-state index is 13.3. The summed E-state index contributed by atoms with van der Waals surface area (Å²) in [5, 5.41) is 2.01. The quantitative estimate of drug-likeness (QED) is 0.369. The zero-order valence-corrected chi connectivity index (χ0v) is 16.1. The topological polar surface area (TPSA) is 64.8 Å². The van der Waals surface area contributed by atoms with Crippen LogP contribution in [-0.4, -0.2) is 28.5 Å². The third-order valence-corrected chi connectivity index (χ3v) is 4.92. The SMILES string of the molecule is CCOC(=O)c1cc(C(=O)c2ccc3ccccc3c2)n2ccc(C(C)=O)cc12. The van der Waals surface area contributed by atoms with Crippen molar-refractivity contribution in [2.24, 2.45) is 0 Å². The fourth-order valence-corrected chi connectivity index (χ4v) is 3.44. The van der Waals surface area contributed by atoms with Crippen molar-refractivity contribution in [3.63, 3.8) is 0 Å². The number of carbonyl (C=O) groups excluding carboxylic acids is 3. The maximum atomic E-state index is 13.3. The number of pyridine rings is 1. The second-order valence-corrected chi connectivity index (χ2v) is 6.78. The second kappa shape index (κ2) is 7.36. The number of benzene rings is 2. The van der Waals surface area contributed by atoms with Gasteiger partial charge < -0.3 is 9.14 Å². The summed E-state index contributed by atoms with van der Waals surface area (Å²) in [6.07, 6.45) is 1.64. The van der Waals surface area contributed by atoms with E-state index in [1.54, 1.807) is 35.7 Å². The highest BCUT2D eigenvalue weighted by atomic mass is 16.5. The van der Waals surface area contributed by atoms with Crippen molar-refractivity contribution in [1.29, 1.82) is 0 Å². The van der Waals surface area contributed by atoms with E-state index in [-0.39, 0.29) is 23.7 Å². The Bertz CT molecular complexity index is 1280. The van der Waals surface area contributed by atoms with Crippen molar-refractivity contribution >= 4 is 33.8 Å². The molecule has 0 bridgehead atoms. The van der Waals surface area contributed by atoms with E-state index < -0.39 is 5.97 Å². The van der Waals surface area contributed by atoms with E-state index in [0.29, 0.717) is 22.3 Å². The molecule has 0 fully saturated rings. The number of esters is 1. The summed E-state index contributed by atoms with van der Waals surface area (Å²) in [7, 11) is 0. The Morgan fingerprint density at radius 3 is 2.38 bits per heavy atom. The predicted molar refractivity (Wildman–Crippen MR) is 111 cm³/mol. The maximum Gasteiger partial charge on any atom is 0.340 e. The highest BCUT2D eigenvalue weighted by Gasteiger charge is 2.22. The number of ketones is 2. The number of hydrogen-bond acceptors (Lipinski definition) is 4. The van der Waals surface area contributed by atoms with Crippen molar-refractivity contribution in [3.8, 4) is 0 Å². The highest BCUT2D eigenvalue weighted by Crippen LogP contribution is 2.24. The van der Waals surface area contributed by atoms with Gasteiger partial charge in [-0.15, -0.1) is 0 Å².